The van der Waals surface area contributed by atoms with Crippen LogP contribution in [0.5, 0.6) is 17.2 Å². The first kappa shape index (κ1) is 23.0. The summed E-state index contributed by atoms with van der Waals surface area (Å²) in [5.74, 6) is -0.436. The van der Waals surface area contributed by atoms with Gasteiger partial charge in [-0.25, -0.2) is 4.79 Å². The first-order valence-corrected chi connectivity index (χ1v) is 10.8. The second-order valence-electron chi connectivity index (χ2n) is 8.30. The van der Waals surface area contributed by atoms with Gasteiger partial charge in [0.15, 0.2) is 0 Å². The number of imide groups is 1. The van der Waals surface area contributed by atoms with Crippen molar-refractivity contribution in [1.29, 1.82) is 0 Å². The monoisotopic (exact) mass is 468 g/mol. The number of non-ortho nitro benzene ring substituents is 1. The summed E-state index contributed by atoms with van der Waals surface area (Å²) in [6, 6.07) is 9.86. The number of nitrogens with zero attached hydrogens (tertiary/aromatic N) is 2. The van der Waals surface area contributed by atoms with Gasteiger partial charge in [-0.1, -0.05) is 13.3 Å². The van der Waals surface area contributed by atoms with Gasteiger partial charge in [-0.3, -0.25) is 25.0 Å². The average molecular weight is 468 g/mol. The van der Waals surface area contributed by atoms with Crippen LogP contribution in [0.1, 0.15) is 30.1 Å². The molecule has 2 aliphatic rings. The molecule has 2 N–H and O–H groups in total. The van der Waals surface area contributed by atoms with E-state index in [4.69, 9.17) is 9.47 Å². The molecule has 0 saturated carbocycles. The van der Waals surface area contributed by atoms with Gasteiger partial charge in [0.05, 0.1) is 29.1 Å². The molecule has 4 rings (SSSR count). The largest absolute Gasteiger partial charge is 0.497 e. The first-order chi connectivity index (χ1) is 16.3. The molecule has 2 heterocycles. The van der Waals surface area contributed by atoms with Crippen molar-refractivity contribution in [2.24, 2.45) is 5.92 Å². The highest BCUT2D eigenvalue weighted by atomic mass is 16.6. The van der Waals surface area contributed by atoms with Crippen LogP contribution in [0.3, 0.4) is 0 Å². The van der Waals surface area contributed by atoms with Gasteiger partial charge in [0, 0.05) is 25.2 Å². The lowest BCUT2D eigenvalue weighted by Gasteiger charge is -2.38. The number of nitro benzene ring substituents is 1. The minimum absolute atomic E-state index is 0.0120. The van der Waals surface area contributed by atoms with Crippen LogP contribution >= 0.6 is 0 Å². The minimum atomic E-state index is -0.887. The van der Waals surface area contributed by atoms with Crippen LogP contribution in [0.15, 0.2) is 42.5 Å². The van der Waals surface area contributed by atoms with E-state index in [1.807, 2.05) is 6.92 Å². The molecule has 2 aromatic carbocycles. The third kappa shape index (κ3) is 4.24. The summed E-state index contributed by atoms with van der Waals surface area (Å²) in [6.07, 6.45) is 1.19. The molecule has 2 saturated heterocycles. The fraction of sp³-hybridized carbons (Fsp3) is 0.348. The molecule has 2 unspecified atom stereocenters. The molecule has 0 aromatic heterocycles. The molecular formula is C23H24N4O7. The summed E-state index contributed by atoms with van der Waals surface area (Å²) < 4.78 is 11.0. The number of carbonyl (C=O) groups excluding carboxylic acids is 3. The van der Waals surface area contributed by atoms with Gasteiger partial charge in [0.25, 0.3) is 11.6 Å². The molecule has 178 valence electrons. The summed E-state index contributed by atoms with van der Waals surface area (Å²) in [5, 5.41) is 16.5. The van der Waals surface area contributed by atoms with Crippen LogP contribution < -0.4 is 20.1 Å². The Morgan fingerprint density at radius 3 is 2.56 bits per heavy atom. The van der Waals surface area contributed by atoms with E-state index < -0.39 is 34.2 Å². The predicted molar refractivity (Wildman–Crippen MR) is 120 cm³/mol. The van der Waals surface area contributed by atoms with Gasteiger partial charge in [0.1, 0.15) is 17.2 Å². The lowest BCUT2D eigenvalue weighted by Crippen LogP contribution is -2.66. The van der Waals surface area contributed by atoms with Gasteiger partial charge in [-0.2, -0.15) is 0 Å². The van der Waals surface area contributed by atoms with Crippen molar-refractivity contribution in [2.45, 2.75) is 25.3 Å². The summed E-state index contributed by atoms with van der Waals surface area (Å²) in [5.41, 5.74) is -1.17. The maximum absolute atomic E-state index is 13.6. The molecule has 0 spiro atoms. The van der Waals surface area contributed by atoms with Crippen molar-refractivity contribution in [3.05, 3.63) is 58.1 Å². The number of likely N-dealkylation sites (tertiary alicyclic amines) is 1. The summed E-state index contributed by atoms with van der Waals surface area (Å²) >= 11 is 0. The Morgan fingerprint density at radius 1 is 1.21 bits per heavy atom. The maximum Gasteiger partial charge on any atom is 0.321 e. The summed E-state index contributed by atoms with van der Waals surface area (Å²) in [7, 11) is 1.53. The standard InChI is InChI=1S/C23H24N4O7/c1-3-10-23-13-26(12-18(23)20(28)24-22(30)25-23)21(29)17-11-14(27(31)32)4-9-19(17)34-16-7-5-15(33-2)6-8-16/h4-9,11,18H,3,10,12-13H2,1-2H3,(H2,24,25,28,30). The van der Waals surface area contributed by atoms with Crippen molar-refractivity contribution in [2.75, 3.05) is 20.2 Å². The molecule has 2 aliphatic heterocycles. The number of fused-ring (bicyclic) bond motifs is 1. The molecule has 11 nitrogen and oxygen atoms in total. The Morgan fingerprint density at radius 2 is 1.91 bits per heavy atom. The molecule has 2 fully saturated rings. The Bertz CT molecular complexity index is 1150. The van der Waals surface area contributed by atoms with Gasteiger partial charge in [-0.15, -0.1) is 0 Å². The van der Waals surface area contributed by atoms with E-state index in [-0.39, 0.29) is 30.1 Å². The second kappa shape index (κ2) is 9.00. The smallest absolute Gasteiger partial charge is 0.321 e. The quantitative estimate of drug-likeness (QED) is 0.470. The van der Waals surface area contributed by atoms with E-state index in [0.29, 0.717) is 24.3 Å². The lowest BCUT2D eigenvalue weighted by atomic mass is 9.81. The molecule has 0 aliphatic carbocycles. The number of rotatable bonds is 7. The maximum atomic E-state index is 13.6. The fourth-order valence-corrected chi connectivity index (χ4v) is 4.57. The number of ether oxygens (including phenoxy) is 2. The van der Waals surface area contributed by atoms with E-state index >= 15 is 0 Å². The van der Waals surface area contributed by atoms with Crippen LogP contribution in [0, 0.1) is 16.0 Å². The molecule has 2 atom stereocenters. The number of hydrogen-bond donors (Lipinski definition) is 2. The van der Waals surface area contributed by atoms with E-state index in [9.17, 15) is 24.5 Å². The number of nitrogens with one attached hydrogen (secondary N) is 2. The van der Waals surface area contributed by atoms with E-state index in [1.54, 1.807) is 24.3 Å². The van der Waals surface area contributed by atoms with Gasteiger partial charge in [0.2, 0.25) is 5.91 Å². The van der Waals surface area contributed by atoms with Gasteiger partial charge >= 0.3 is 6.03 Å². The van der Waals surface area contributed by atoms with Crippen LogP contribution in [-0.4, -0.2) is 53.4 Å². The molecule has 34 heavy (non-hydrogen) atoms. The third-order valence-corrected chi connectivity index (χ3v) is 6.13. The first-order valence-electron chi connectivity index (χ1n) is 10.8. The predicted octanol–water partition coefficient (Wildman–Crippen LogP) is 2.85. The Labute approximate surface area is 195 Å². The normalized spacial score (nSPS) is 21.4. The Hall–Kier alpha value is -4.15. The van der Waals surface area contributed by atoms with Gasteiger partial charge < -0.3 is 19.7 Å². The zero-order chi connectivity index (χ0) is 24.5. The number of nitro groups is 1. The van der Waals surface area contributed by atoms with E-state index in [1.165, 1.54) is 24.1 Å². The number of carbonyl (C=O) groups is 3. The number of benzene rings is 2. The summed E-state index contributed by atoms with van der Waals surface area (Å²) in [4.78, 5) is 50.4. The van der Waals surface area contributed by atoms with Crippen molar-refractivity contribution < 1.29 is 28.8 Å². The zero-order valence-electron chi connectivity index (χ0n) is 18.7. The molecule has 2 aromatic rings. The number of hydrogen-bond acceptors (Lipinski definition) is 7. The molecular weight excluding hydrogens is 444 g/mol. The lowest BCUT2D eigenvalue weighted by molar-refractivity contribution is -0.384. The van der Waals surface area contributed by atoms with Crippen molar-refractivity contribution >= 4 is 23.5 Å². The number of amides is 4. The highest BCUT2D eigenvalue weighted by molar-refractivity contribution is 6.02. The highest BCUT2D eigenvalue weighted by Gasteiger charge is 2.54. The minimum Gasteiger partial charge on any atom is -0.497 e. The van der Waals surface area contributed by atoms with Crippen molar-refractivity contribution in [1.82, 2.24) is 15.5 Å². The Balaban J connectivity index is 1.67. The van der Waals surface area contributed by atoms with Crippen LogP contribution in [0.2, 0.25) is 0 Å². The fourth-order valence-electron chi connectivity index (χ4n) is 4.57. The van der Waals surface area contributed by atoms with Crippen LogP contribution in [0.25, 0.3) is 0 Å². The number of methoxy groups -OCH3 is 1. The average Bonchev–Trinajstić information content (AvgIpc) is 3.19. The van der Waals surface area contributed by atoms with Crippen LogP contribution in [-0.2, 0) is 4.79 Å². The highest BCUT2D eigenvalue weighted by Crippen LogP contribution is 2.37. The Kier molecular flexibility index (Phi) is 6.10. The molecule has 0 radical (unpaired) electrons. The molecule has 4 amide bonds. The zero-order valence-corrected chi connectivity index (χ0v) is 18.7. The molecule has 11 heteroatoms. The third-order valence-electron chi connectivity index (χ3n) is 6.13. The SMILES string of the molecule is CCCC12CN(C(=O)c3cc([N+](=O)[O-])ccc3Oc3ccc(OC)cc3)CC1C(=O)NC(=O)N2. The number of urea groups is 1. The van der Waals surface area contributed by atoms with E-state index in [0.717, 1.165) is 6.07 Å². The topological polar surface area (TPSA) is 140 Å². The van der Waals surface area contributed by atoms with Crippen LogP contribution in [0.4, 0.5) is 10.5 Å². The molecule has 0 bridgehead atoms. The van der Waals surface area contributed by atoms with Crippen molar-refractivity contribution in [3.8, 4) is 17.2 Å². The second-order valence-corrected chi connectivity index (χ2v) is 8.30. The van der Waals surface area contributed by atoms with Crippen molar-refractivity contribution in [3.63, 3.8) is 0 Å². The van der Waals surface area contributed by atoms with Gasteiger partial charge in [-0.05, 0) is 36.8 Å². The van der Waals surface area contributed by atoms with E-state index in [2.05, 4.69) is 10.6 Å². The summed E-state index contributed by atoms with van der Waals surface area (Å²) in [6.45, 7) is 2.10.